The van der Waals surface area contributed by atoms with E-state index < -0.39 is 0 Å². The first-order chi connectivity index (χ1) is 9.17. The van der Waals surface area contributed by atoms with Gasteiger partial charge in [0.25, 0.3) is 5.91 Å². The van der Waals surface area contributed by atoms with E-state index in [-0.39, 0.29) is 17.7 Å². The lowest BCUT2D eigenvalue weighted by atomic mass is 9.95. The van der Waals surface area contributed by atoms with Crippen LogP contribution in [0.1, 0.15) is 35.1 Å². The van der Waals surface area contributed by atoms with Crippen LogP contribution < -0.4 is 5.73 Å². The van der Waals surface area contributed by atoms with Crippen molar-refractivity contribution in [1.82, 2.24) is 14.5 Å². The molecule has 1 aromatic rings. The predicted molar refractivity (Wildman–Crippen MR) is 71.3 cm³/mol. The first kappa shape index (κ1) is 13.7. The minimum Gasteiger partial charge on any atom is -0.409 e. The summed E-state index contributed by atoms with van der Waals surface area (Å²) in [5, 5.41) is 15.6. The van der Waals surface area contributed by atoms with Gasteiger partial charge >= 0.3 is 0 Å². The van der Waals surface area contributed by atoms with E-state index in [2.05, 4.69) is 14.7 Å². The van der Waals surface area contributed by atoms with Crippen molar-refractivity contribution in [2.75, 3.05) is 13.1 Å². The number of hydrogen-bond donors (Lipinski definition) is 2. The zero-order valence-electron chi connectivity index (χ0n) is 10.7. The number of amides is 1. The highest BCUT2D eigenvalue weighted by molar-refractivity contribution is 7.08. The van der Waals surface area contributed by atoms with E-state index in [4.69, 9.17) is 10.9 Å². The molecule has 1 aliphatic heterocycles. The number of carbonyl (C=O) groups is 1. The largest absolute Gasteiger partial charge is 0.409 e. The minimum atomic E-state index is -0.00944. The summed E-state index contributed by atoms with van der Waals surface area (Å²) < 4.78 is 3.84. The molecule has 7 nitrogen and oxygen atoms in total. The molecule has 2 rings (SSSR count). The average Bonchev–Trinajstić information content (AvgIpc) is 2.94. The van der Waals surface area contributed by atoms with Gasteiger partial charge in [-0.25, -0.2) is 0 Å². The molecule has 8 heteroatoms. The van der Waals surface area contributed by atoms with Gasteiger partial charge in [-0.1, -0.05) is 16.6 Å². The van der Waals surface area contributed by atoms with Crippen molar-refractivity contribution in [3.63, 3.8) is 0 Å². The summed E-state index contributed by atoms with van der Waals surface area (Å²) in [5.41, 5.74) is 6.35. The summed E-state index contributed by atoms with van der Waals surface area (Å²) in [4.78, 5) is 14.7. The highest BCUT2D eigenvalue weighted by atomic mass is 32.1. The molecule has 19 heavy (non-hydrogen) atoms. The van der Waals surface area contributed by atoms with E-state index in [0.717, 1.165) is 30.1 Å². The summed E-state index contributed by atoms with van der Waals surface area (Å²) in [6.45, 7) is 3.18. The van der Waals surface area contributed by atoms with E-state index in [0.29, 0.717) is 24.4 Å². The molecule has 1 aliphatic rings. The molecular weight excluding hydrogens is 266 g/mol. The molecule has 1 aromatic heterocycles. The minimum absolute atomic E-state index is 0.00944. The lowest BCUT2D eigenvalue weighted by Gasteiger charge is -2.31. The van der Waals surface area contributed by atoms with Crippen molar-refractivity contribution >= 4 is 23.3 Å². The van der Waals surface area contributed by atoms with Gasteiger partial charge in [0, 0.05) is 19.0 Å². The molecule has 0 radical (unpaired) electrons. The number of aryl methyl sites for hydroxylation is 1. The molecule has 0 saturated carbocycles. The lowest BCUT2D eigenvalue weighted by molar-refractivity contribution is 0.0712. The monoisotopic (exact) mass is 283 g/mol. The molecule has 3 N–H and O–H groups in total. The fourth-order valence-electron chi connectivity index (χ4n) is 2.21. The van der Waals surface area contributed by atoms with Gasteiger partial charge in [0.2, 0.25) is 0 Å². The van der Waals surface area contributed by atoms with Gasteiger partial charge < -0.3 is 15.8 Å². The third-order valence-electron chi connectivity index (χ3n) is 3.40. The Morgan fingerprint density at radius 1 is 1.58 bits per heavy atom. The van der Waals surface area contributed by atoms with E-state index >= 15 is 0 Å². The van der Waals surface area contributed by atoms with Crippen LogP contribution in [0.3, 0.4) is 0 Å². The first-order valence-electron chi connectivity index (χ1n) is 6.25. The van der Waals surface area contributed by atoms with Crippen molar-refractivity contribution < 1.29 is 10.0 Å². The number of rotatable bonds is 3. The van der Waals surface area contributed by atoms with Crippen LogP contribution in [0.25, 0.3) is 0 Å². The molecule has 0 spiro atoms. The molecule has 0 aromatic carbocycles. The molecule has 0 aliphatic carbocycles. The number of aromatic nitrogens is 2. The molecule has 2 heterocycles. The van der Waals surface area contributed by atoms with Crippen LogP contribution in [-0.4, -0.2) is 44.5 Å². The zero-order valence-corrected chi connectivity index (χ0v) is 11.6. The Morgan fingerprint density at radius 2 is 2.26 bits per heavy atom. The van der Waals surface area contributed by atoms with E-state index in [1.54, 1.807) is 4.90 Å². The Labute approximate surface area is 115 Å². The van der Waals surface area contributed by atoms with E-state index in [1.807, 2.05) is 6.92 Å². The topological polar surface area (TPSA) is 105 Å². The Balaban J connectivity index is 2.00. The summed E-state index contributed by atoms with van der Waals surface area (Å²) >= 11 is 1.15. The number of hydrogen-bond acceptors (Lipinski definition) is 6. The summed E-state index contributed by atoms with van der Waals surface area (Å²) in [7, 11) is 0. The number of oxime groups is 1. The van der Waals surface area contributed by atoms with Gasteiger partial charge in [-0.3, -0.25) is 4.79 Å². The van der Waals surface area contributed by atoms with Crippen LogP contribution >= 0.6 is 11.5 Å². The molecule has 104 valence electrons. The van der Waals surface area contributed by atoms with E-state index in [9.17, 15) is 4.79 Å². The third kappa shape index (κ3) is 2.83. The maximum Gasteiger partial charge on any atom is 0.267 e. The zero-order chi connectivity index (χ0) is 13.8. The second-order valence-electron chi connectivity index (χ2n) is 4.49. The van der Waals surface area contributed by atoms with Crippen LogP contribution in [-0.2, 0) is 6.42 Å². The summed E-state index contributed by atoms with van der Waals surface area (Å²) in [6.07, 6.45) is 2.14. The van der Waals surface area contributed by atoms with Crippen LogP contribution in [0.2, 0.25) is 0 Å². The maximum absolute atomic E-state index is 12.3. The second-order valence-corrected chi connectivity index (χ2v) is 5.25. The van der Waals surface area contributed by atoms with Crippen LogP contribution in [0.4, 0.5) is 0 Å². The summed E-state index contributed by atoms with van der Waals surface area (Å²) in [6, 6.07) is 0. The lowest BCUT2D eigenvalue weighted by Crippen LogP contribution is -2.41. The quantitative estimate of drug-likeness (QED) is 0.368. The average molecular weight is 283 g/mol. The van der Waals surface area contributed by atoms with Crippen molar-refractivity contribution in [2.24, 2.45) is 16.8 Å². The molecule has 1 saturated heterocycles. The smallest absolute Gasteiger partial charge is 0.267 e. The number of amidine groups is 1. The Morgan fingerprint density at radius 3 is 2.84 bits per heavy atom. The fourth-order valence-corrected chi connectivity index (χ4v) is 2.92. The van der Waals surface area contributed by atoms with Gasteiger partial charge in [-0.15, -0.1) is 5.10 Å². The normalized spacial score (nSPS) is 17.7. The standard InChI is InChI=1S/C11H17N5O2S/c1-2-8-9(19-15-13-8)11(17)16-5-3-7(4-6-16)10(12)14-18/h7,18H,2-6H2,1H3,(H2,12,14). The summed E-state index contributed by atoms with van der Waals surface area (Å²) in [5.74, 6) is 0.296. The molecule has 1 amide bonds. The number of nitrogens with zero attached hydrogens (tertiary/aromatic N) is 4. The van der Waals surface area contributed by atoms with Crippen molar-refractivity contribution in [3.05, 3.63) is 10.6 Å². The Hall–Kier alpha value is -1.70. The molecular formula is C11H17N5O2S. The molecule has 0 unspecified atom stereocenters. The van der Waals surface area contributed by atoms with Crippen molar-refractivity contribution in [1.29, 1.82) is 0 Å². The predicted octanol–water partition coefficient (Wildman–Crippen LogP) is 0.699. The van der Waals surface area contributed by atoms with Gasteiger partial charge in [0.15, 0.2) is 0 Å². The van der Waals surface area contributed by atoms with Crippen molar-refractivity contribution in [2.45, 2.75) is 26.2 Å². The van der Waals surface area contributed by atoms with Crippen LogP contribution in [0.15, 0.2) is 5.16 Å². The Kier molecular flexibility index (Phi) is 4.31. The second kappa shape index (κ2) is 5.96. The number of likely N-dealkylation sites (tertiary alicyclic amines) is 1. The maximum atomic E-state index is 12.3. The SMILES string of the molecule is CCc1nnsc1C(=O)N1CCC(C(N)=NO)CC1. The van der Waals surface area contributed by atoms with Crippen LogP contribution in [0.5, 0.6) is 0 Å². The molecule has 0 atom stereocenters. The number of piperidine rings is 1. The van der Waals surface area contributed by atoms with Gasteiger partial charge in [0.05, 0.1) is 5.69 Å². The number of nitrogens with two attached hydrogens (primary N) is 1. The fraction of sp³-hybridized carbons (Fsp3) is 0.636. The highest BCUT2D eigenvalue weighted by Gasteiger charge is 2.28. The van der Waals surface area contributed by atoms with Crippen molar-refractivity contribution in [3.8, 4) is 0 Å². The number of carbonyl (C=O) groups excluding carboxylic acids is 1. The highest BCUT2D eigenvalue weighted by Crippen LogP contribution is 2.21. The molecule has 0 bridgehead atoms. The van der Waals surface area contributed by atoms with Crippen LogP contribution in [0, 0.1) is 5.92 Å². The first-order valence-corrected chi connectivity index (χ1v) is 7.02. The van der Waals surface area contributed by atoms with Gasteiger partial charge in [-0.05, 0) is 30.8 Å². The Bertz CT molecular complexity index is 479. The van der Waals surface area contributed by atoms with E-state index in [1.165, 1.54) is 0 Å². The molecule has 1 fully saturated rings. The van der Waals surface area contributed by atoms with Gasteiger partial charge in [-0.2, -0.15) is 0 Å². The van der Waals surface area contributed by atoms with Gasteiger partial charge in [0.1, 0.15) is 10.7 Å². The third-order valence-corrected chi connectivity index (χ3v) is 4.16.